The van der Waals surface area contributed by atoms with Crippen LogP contribution < -0.4 is 10.5 Å². The van der Waals surface area contributed by atoms with Crippen molar-refractivity contribution >= 4 is 5.84 Å². The Morgan fingerprint density at radius 2 is 2.38 bits per heavy atom. The zero-order valence-corrected chi connectivity index (χ0v) is 9.39. The molecule has 0 amide bonds. The molecular weight excluding hydrogens is 206 g/mol. The number of amidine groups is 1. The van der Waals surface area contributed by atoms with Crippen LogP contribution in [-0.4, -0.2) is 22.6 Å². The highest BCUT2D eigenvalue weighted by atomic mass is 16.5. The van der Waals surface area contributed by atoms with Crippen molar-refractivity contribution in [2.24, 2.45) is 10.9 Å². The Morgan fingerprint density at radius 3 is 3.06 bits per heavy atom. The molecule has 5 heteroatoms. The maximum absolute atomic E-state index is 8.51. The number of ether oxygens (including phenoxy) is 1. The van der Waals surface area contributed by atoms with Gasteiger partial charge in [-0.2, -0.15) is 0 Å². The summed E-state index contributed by atoms with van der Waals surface area (Å²) >= 11 is 0. The second-order valence-electron chi connectivity index (χ2n) is 3.42. The molecule has 1 heterocycles. The minimum atomic E-state index is -0.0148. The van der Waals surface area contributed by atoms with Crippen LogP contribution in [0.5, 0.6) is 5.75 Å². The largest absolute Gasteiger partial charge is 0.493 e. The van der Waals surface area contributed by atoms with Gasteiger partial charge in [0, 0.05) is 12.3 Å². The van der Waals surface area contributed by atoms with Gasteiger partial charge in [-0.15, -0.1) is 0 Å². The Bertz CT molecular complexity index is 353. The van der Waals surface area contributed by atoms with Crippen LogP contribution in [0, 0.1) is 0 Å². The van der Waals surface area contributed by atoms with E-state index in [2.05, 4.69) is 17.1 Å². The number of oxime groups is 1. The zero-order chi connectivity index (χ0) is 11.8. The van der Waals surface area contributed by atoms with Gasteiger partial charge >= 0.3 is 0 Å². The number of nitrogens with zero attached hydrogens (tertiary/aromatic N) is 2. The molecule has 0 aliphatic carbocycles. The summed E-state index contributed by atoms with van der Waals surface area (Å²) in [5.74, 6) is 0.673. The molecule has 16 heavy (non-hydrogen) atoms. The molecule has 0 atom stereocenters. The van der Waals surface area contributed by atoms with Crippen LogP contribution in [0.25, 0.3) is 0 Å². The Morgan fingerprint density at radius 1 is 1.56 bits per heavy atom. The van der Waals surface area contributed by atoms with E-state index in [1.165, 1.54) is 0 Å². The van der Waals surface area contributed by atoms with Crippen LogP contribution >= 0.6 is 0 Å². The molecule has 1 rings (SSSR count). The zero-order valence-electron chi connectivity index (χ0n) is 9.39. The molecule has 0 aromatic carbocycles. The molecule has 0 radical (unpaired) electrons. The van der Waals surface area contributed by atoms with E-state index in [0.29, 0.717) is 18.1 Å². The fourth-order valence-electron chi connectivity index (χ4n) is 1.23. The summed E-state index contributed by atoms with van der Waals surface area (Å²) in [5, 5.41) is 11.4. The number of pyridine rings is 1. The molecule has 3 N–H and O–H groups in total. The van der Waals surface area contributed by atoms with E-state index < -0.39 is 0 Å². The molecule has 1 aromatic heterocycles. The van der Waals surface area contributed by atoms with E-state index >= 15 is 0 Å². The van der Waals surface area contributed by atoms with Crippen LogP contribution in [0.15, 0.2) is 23.5 Å². The van der Waals surface area contributed by atoms with E-state index in [9.17, 15) is 0 Å². The lowest BCUT2D eigenvalue weighted by molar-refractivity contribution is 0.305. The van der Waals surface area contributed by atoms with Crippen molar-refractivity contribution in [1.82, 2.24) is 4.98 Å². The van der Waals surface area contributed by atoms with E-state index in [-0.39, 0.29) is 5.84 Å². The maximum Gasteiger partial charge on any atom is 0.188 e. The number of unbranched alkanes of at least 4 members (excludes halogenated alkanes) is 2. The van der Waals surface area contributed by atoms with Gasteiger partial charge in [0.1, 0.15) is 11.4 Å². The number of hydrogen-bond donors (Lipinski definition) is 2. The van der Waals surface area contributed by atoms with E-state index in [1.54, 1.807) is 18.3 Å². The highest BCUT2D eigenvalue weighted by Crippen LogP contribution is 2.11. The van der Waals surface area contributed by atoms with E-state index in [0.717, 1.165) is 19.3 Å². The van der Waals surface area contributed by atoms with Crippen molar-refractivity contribution in [2.75, 3.05) is 6.61 Å². The smallest absolute Gasteiger partial charge is 0.188 e. The average molecular weight is 223 g/mol. The molecule has 0 unspecified atom stereocenters. The summed E-state index contributed by atoms with van der Waals surface area (Å²) in [6.45, 7) is 2.82. The molecule has 0 saturated carbocycles. The molecule has 0 bridgehead atoms. The Hall–Kier alpha value is -1.78. The molecule has 88 valence electrons. The van der Waals surface area contributed by atoms with Crippen molar-refractivity contribution in [3.05, 3.63) is 24.0 Å². The summed E-state index contributed by atoms with van der Waals surface area (Å²) in [7, 11) is 0. The van der Waals surface area contributed by atoms with Crippen LogP contribution in [0.1, 0.15) is 31.9 Å². The van der Waals surface area contributed by atoms with Gasteiger partial charge in [0.15, 0.2) is 5.84 Å². The normalized spacial score (nSPS) is 11.4. The Balaban J connectivity index is 2.54. The van der Waals surface area contributed by atoms with Crippen LogP contribution in [-0.2, 0) is 0 Å². The molecular formula is C11H17N3O2. The van der Waals surface area contributed by atoms with Crippen LogP contribution in [0.3, 0.4) is 0 Å². The van der Waals surface area contributed by atoms with Crippen molar-refractivity contribution in [3.8, 4) is 5.75 Å². The predicted molar refractivity (Wildman–Crippen MR) is 61.8 cm³/mol. The summed E-state index contributed by atoms with van der Waals surface area (Å²) in [6, 6.07) is 3.40. The molecule has 0 aliphatic rings. The number of rotatable bonds is 6. The van der Waals surface area contributed by atoms with Gasteiger partial charge in [0.25, 0.3) is 0 Å². The summed E-state index contributed by atoms with van der Waals surface area (Å²) in [5.41, 5.74) is 5.83. The van der Waals surface area contributed by atoms with Gasteiger partial charge < -0.3 is 15.7 Å². The predicted octanol–water partition coefficient (Wildman–Crippen LogP) is 1.75. The fourth-order valence-corrected chi connectivity index (χ4v) is 1.23. The maximum atomic E-state index is 8.51. The van der Waals surface area contributed by atoms with Crippen molar-refractivity contribution in [3.63, 3.8) is 0 Å². The van der Waals surface area contributed by atoms with Gasteiger partial charge in [0.2, 0.25) is 0 Å². The monoisotopic (exact) mass is 223 g/mol. The quantitative estimate of drug-likeness (QED) is 0.253. The first-order valence-electron chi connectivity index (χ1n) is 5.34. The van der Waals surface area contributed by atoms with Gasteiger partial charge in [-0.05, 0) is 12.5 Å². The third-order valence-electron chi connectivity index (χ3n) is 2.12. The van der Waals surface area contributed by atoms with Gasteiger partial charge in [0.05, 0.1) is 6.61 Å². The van der Waals surface area contributed by atoms with E-state index in [1.807, 2.05) is 0 Å². The topological polar surface area (TPSA) is 80.7 Å². The standard InChI is InChI=1S/C11H17N3O2/c1-2-3-4-7-16-9-5-6-13-10(8-9)11(12)14-15/h5-6,8,15H,2-4,7H2,1H3,(H2,12,14). The third kappa shape index (κ3) is 3.76. The number of hydrogen-bond acceptors (Lipinski definition) is 4. The van der Waals surface area contributed by atoms with Crippen molar-refractivity contribution < 1.29 is 9.94 Å². The van der Waals surface area contributed by atoms with Crippen LogP contribution in [0.4, 0.5) is 0 Å². The lowest BCUT2D eigenvalue weighted by Crippen LogP contribution is -2.14. The first-order valence-corrected chi connectivity index (χ1v) is 5.34. The van der Waals surface area contributed by atoms with Crippen molar-refractivity contribution in [2.45, 2.75) is 26.2 Å². The number of nitrogens with two attached hydrogens (primary N) is 1. The number of aromatic nitrogens is 1. The molecule has 5 nitrogen and oxygen atoms in total. The minimum Gasteiger partial charge on any atom is -0.493 e. The van der Waals surface area contributed by atoms with Crippen LogP contribution in [0.2, 0.25) is 0 Å². The molecule has 0 saturated heterocycles. The van der Waals surface area contributed by atoms with Gasteiger partial charge in [-0.1, -0.05) is 24.9 Å². The third-order valence-corrected chi connectivity index (χ3v) is 2.12. The summed E-state index contributed by atoms with van der Waals surface area (Å²) in [6.07, 6.45) is 4.91. The lowest BCUT2D eigenvalue weighted by Gasteiger charge is -2.06. The Labute approximate surface area is 94.9 Å². The highest BCUT2D eigenvalue weighted by molar-refractivity contribution is 5.95. The second-order valence-corrected chi connectivity index (χ2v) is 3.42. The summed E-state index contributed by atoms with van der Waals surface area (Å²) in [4.78, 5) is 3.96. The highest BCUT2D eigenvalue weighted by Gasteiger charge is 2.02. The molecule has 0 aliphatic heterocycles. The van der Waals surface area contributed by atoms with Gasteiger partial charge in [-0.25, -0.2) is 0 Å². The second kappa shape index (κ2) is 6.66. The first kappa shape index (κ1) is 12.3. The minimum absolute atomic E-state index is 0.0148. The van der Waals surface area contributed by atoms with Gasteiger partial charge in [-0.3, -0.25) is 4.98 Å². The SMILES string of the molecule is CCCCCOc1ccnc(C(N)=NO)c1. The molecule has 0 spiro atoms. The first-order chi connectivity index (χ1) is 7.77. The Kier molecular flexibility index (Phi) is 5.11. The molecule has 1 aromatic rings. The molecule has 0 fully saturated rings. The average Bonchev–Trinajstić information content (AvgIpc) is 2.34. The van der Waals surface area contributed by atoms with E-state index in [4.69, 9.17) is 15.7 Å². The fraction of sp³-hybridized carbons (Fsp3) is 0.455. The summed E-state index contributed by atoms with van der Waals surface area (Å²) < 4.78 is 5.51. The van der Waals surface area contributed by atoms with Crippen molar-refractivity contribution in [1.29, 1.82) is 0 Å². The lowest BCUT2D eigenvalue weighted by atomic mass is 10.3.